The van der Waals surface area contributed by atoms with Gasteiger partial charge in [0.25, 0.3) is 0 Å². The molecule has 29 heavy (non-hydrogen) atoms. The zero-order valence-corrected chi connectivity index (χ0v) is 16.3. The smallest absolute Gasteiger partial charge is 0.0568 e. The molecular formula is C27H22N2. The number of hydrogen-bond donors (Lipinski definition) is 1. The lowest BCUT2D eigenvalue weighted by atomic mass is 9.86. The molecule has 140 valence electrons. The van der Waals surface area contributed by atoms with E-state index in [0.29, 0.717) is 0 Å². The molecule has 0 aromatic heterocycles. The Kier molecular flexibility index (Phi) is 4.45. The van der Waals surface area contributed by atoms with E-state index < -0.39 is 0 Å². The van der Waals surface area contributed by atoms with Gasteiger partial charge in [0.2, 0.25) is 0 Å². The first-order chi connectivity index (χ1) is 14.3. The molecule has 0 spiro atoms. The van der Waals surface area contributed by atoms with E-state index in [9.17, 15) is 0 Å². The van der Waals surface area contributed by atoms with Crippen molar-refractivity contribution in [1.82, 2.24) is 0 Å². The molecular weight excluding hydrogens is 352 g/mol. The summed E-state index contributed by atoms with van der Waals surface area (Å²) in [6.07, 6.45) is 4.22. The topological polar surface area (TPSA) is 24.4 Å². The van der Waals surface area contributed by atoms with Crippen molar-refractivity contribution >= 4 is 28.8 Å². The molecule has 1 N–H and O–H groups in total. The third-order valence-electron chi connectivity index (χ3n) is 5.60. The van der Waals surface area contributed by atoms with Crippen LogP contribution >= 0.6 is 0 Å². The summed E-state index contributed by atoms with van der Waals surface area (Å²) in [6.45, 7) is 2.21. The first-order valence-corrected chi connectivity index (χ1v) is 9.93. The third kappa shape index (κ3) is 3.34. The Bertz CT molecular complexity index is 1250. The van der Waals surface area contributed by atoms with Gasteiger partial charge in [0.05, 0.1) is 11.9 Å². The molecule has 0 fully saturated rings. The molecule has 1 unspecified atom stereocenters. The molecule has 1 aliphatic carbocycles. The van der Waals surface area contributed by atoms with Crippen LogP contribution in [0.25, 0.3) is 16.8 Å². The van der Waals surface area contributed by atoms with Crippen LogP contribution in [0.2, 0.25) is 0 Å². The minimum absolute atomic E-state index is 0.287. The normalized spacial score (nSPS) is 15.5. The highest BCUT2D eigenvalue weighted by Gasteiger charge is 2.25. The lowest BCUT2D eigenvalue weighted by Gasteiger charge is -2.17. The van der Waals surface area contributed by atoms with Crippen LogP contribution in [0.3, 0.4) is 0 Å². The molecule has 5 rings (SSSR count). The number of hydrazone groups is 1. The first-order valence-electron chi connectivity index (χ1n) is 9.93. The number of benzene rings is 4. The van der Waals surface area contributed by atoms with E-state index in [2.05, 4.69) is 115 Å². The van der Waals surface area contributed by atoms with E-state index in [4.69, 9.17) is 0 Å². The van der Waals surface area contributed by atoms with Gasteiger partial charge < -0.3 is 0 Å². The van der Waals surface area contributed by atoms with Crippen molar-refractivity contribution in [3.63, 3.8) is 0 Å². The first kappa shape index (κ1) is 17.4. The Morgan fingerprint density at radius 2 is 1.48 bits per heavy atom. The van der Waals surface area contributed by atoms with Crippen molar-refractivity contribution in [1.29, 1.82) is 0 Å². The fraction of sp³-hybridized carbons (Fsp3) is 0.0741. The van der Waals surface area contributed by atoms with Crippen LogP contribution in [0.15, 0.2) is 102 Å². The van der Waals surface area contributed by atoms with E-state index in [0.717, 1.165) is 11.3 Å². The average molecular weight is 374 g/mol. The predicted octanol–water partition coefficient (Wildman–Crippen LogP) is 6.83. The van der Waals surface area contributed by atoms with Gasteiger partial charge in [-0.2, -0.15) is 5.10 Å². The summed E-state index contributed by atoms with van der Waals surface area (Å²) in [4.78, 5) is 0. The summed E-state index contributed by atoms with van der Waals surface area (Å²) in [5, 5.41) is 6.97. The number of hydrogen-bond acceptors (Lipinski definition) is 2. The largest absolute Gasteiger partial charge is 0.278 e. The summed E-state index contributed by atoms with van der Waals surface area (Å²) in [5.74, 6) is 0.287. The zero-order chi connectivity index (χ0) is 19.6. The molecule has 4 aromatic rings. The van der Waals surface area contributed by atoms with Gasteiger partial charge in [0.1, 0.15) is 0 Å². The SMILES string of the molecule is CC1=Cc2ccccc2C1c1ccccc1/C=N/Nc1ccc2ccccc2c1. The summed E-state index contributed by atoms with van der Waals surface area (Å²) in [6, 6.07) is 31.8. The van der Waals surface area contributed by atoms with E-state index in [1.165, 1.54) is 33.0 Å². The maximum atomic E-state index is 4.54. The van der Waals surface area contributed by atoms with Gasteiger partial charge in [-0.25, -0.2) is 0 Å². The minimum Gasteiger partial charge on any atom is -0.278 e. The lowest BCUT2D eigenvalue weighted by Crippen LogP contribution is -2.04. The molecule has 0 aliphatic heterocycles. The second-order valence-electron chi connectivity index (χ2n) is 7.51. The van der Waals surface area contributed by atoms with Crippen molar-refractivity contribution in [3.05, 3.63) is 119 Å². The second-order valence-corrected chi connectivity index (χ2v) is 7.51. The van der Waals surface area contributed by atoms with Crippen LogP contribution in [0.1, 0.15) is 35.1 Å². The molecule has 0 heterocycles. The Morgan fingerprint density at radius 1 is 0.759 bits per heavy atom. The van der Waals surface area contributed by atoms with Gasteiger partial charge in [-0.1, -0.05) is 90.5 Å². The predicted molar refractivity (Wildman–Crippen MR) is 124 cm³/mol. The fourth-order valence-electron chi connectivity index (χ4n) is 4.22. The quantitative estimate of drug-likeness (QED) is 0.307. The van der Waals surface area contributed by atoms with Gasteiger partial charge in [0.15, 0.2) is 0 Å². The number of anilines is 1. The maximum absolute atomic E-state index is 4.54. The van der Waals surface area contributed by atoms with Crippen LogP contribution in [0.4, 0.5) is 5.69 Å². The minimum atomic E-state index is 0.287. The van der Waals surface area contributed by atoms with Gasteiger partial charge in [0, 0.05) is 5.92 Å². The molecule has 0 saturated carbocycles. The number of fused-ring (bicyclic) bond motifs is 2. The number of nitrogens with one attached hydrogen (secondary N) is 1. The summed E-state index contributed by atoms with van der Waals surface area (Å²) in [5.41, 5.74) is 10.7. The average Bonchev–Trinajstić information content (AvgIpc) is 3.09. The monoisotopic (exact) mass is 374 g/mol. The number of allylic oxidation sites excluding steroid dienone is 1. The van der Waals surface area contributed by atoms with Crippen molar-refractivity contribution in [3.8, 4) is 0 Å². The Hall–Kier alpha value is -3.65. The lowest BCUT2D eigenvalue weighted by molar-refractivity contribution is 0.974. The van der Waals surface area contributed by atoms with Crippen LogP contribution in [0.5, 0.6) is 0 Å². The van der Waals surface area contributed by atoms with Crippen molar-refractivity contribution in [2.75, 3.05) is 5.43 Å². The van der Waals surface area contributed by atoms with Crippen LogP contribution in [0, 0.1) is 0 Å². The Morgan fingerprint density at radius 3 is 2.38 bits per heavy atom. The molecule has 1 aliphatic rings. The van der Waals surface area contributed by atoms with Crippen LogP contribution in [-0.4, -0.2) is 6.21 Å². The van der Waals surface area contributed by atoms with Gasteiger partial charge in [-0.3, -0.25) is 5.43 Å². The number of nitrogens with zero attached hydrogens (tertiary/aromatic N) is 1. The molecule has 1 atom stereocenters. The van der Waals surface area contributed by atoms with E-state index in [1.54, 1.807) is 0 Å². The van der Waals surface area contributed by atoms with Crippen LogP contribution in [-0.2, 0) is 0 Å². The summed E-state index contributed by atoms with van der Waals surface area (Å²) in [7, 11) is 0. The van der Waals surface area contributed by atoms with Crippen molar-refractivity contribution in [2.24, 2.45) is 5.10 Å². The highest BCUT2D eigenvalue weighted by molar-refractivity contribution is 5.87. The Balaban J connectivity index is 1.43. The van der Waals surface area contributed by atoms with E-state index in [-0.39, 0.29) is 5.92 Å². The van der Waals surface area contributed by atoms with E-state index >= 15 is 0 Å². The second kappa shape index (κ2) is 7.40. The highest BCUT2D eigenvalue weighted by atomic mass is 15.3. The van der Waals surface area contributed by atoms with Crippen molar-refractivity contribution in [2.45, 2.75) is 12.8 Å². The zero-order valence-electron chi connectivity index (χ0n) is 16.3. The molecule has 4 aromatic carbocycles. The van der Waals surface area contributed by atoms with Gasteiger partial charge >= 0.3 is 0 Å². The van der Waals surface area contributed by atoms with Gasteiger partial charge in [-0.15, -0.1) is 0 Å². The maximum Gasteiger partial charge on any atom is 0.0568 e. The highest BCUT2D eigenvalue weighted by Crippen LogP contribution is 2.41. The molecule has 0 bridgehead atoms. The van der Waals surface area contributed by atoms with E-state index in [1.807, 2.05) is 6.21 Å². The van der Waals surface area contributed by atoms with Gasteiger partial charge in [-0.05, 0) is 52.1 Å². The van der Waals surface area contributed by atoms with Crippen LogP contribution < -0.4 is 5.43 Å². The number of rotatable bonds is 4. The molecule has 0 radical (unpaired) electrons. The van der Waals surface area contributed by atoms with Crippen molar-refractivity contribution < 1.29 is 0 Å². The fourth-order valence-corrected chi connectivity index (χ4v) is 4.22. The summed E-state index contributed by atoms with van der Waals surface area (Å²) >= 11 is 0. The third-order valence-corrected chi connectivity index (χ3v) is 5.60. The molecule has 2 nitrogen and oxygen atoms in total. The molecule has 2 heteroatoms. The summed E-state index contributed by atoms with van der Waals surface area (Å²) < 4.78 is 0. The molecule has 0 amide bonds. The standard InChI is InChI=1S/C27H22N2/c1-19-16-22-10-4-6-12-25(22)27(19)26-13-7-5-11-23(26)18-28-29-24-15-14-20-8-2-3-9-21(20)17-24/h2-18,27,29H,1H3/b28-18+. The molecule has 0 saturated heterocycles. The Labute approximate surface area is 171 Å².